The van der Waals surface area contributed by atoms with Gasteiger partial charge in [0, 0.05) is 13.2 Å². The van der Waals surface area contributed by atoms with Crippen molar-refractivity contribution >= 4 is 44.1 Å². The molecule has 2 rings (SSSR count). The van der Waals surface area contributed by atoms with E-state index < -0.39 is 0 Å². The van der Waals surface area contributed by atoms with E-state index in [1.54, 1.807) is 31.6 Å². The molecule has 88 valence electrons. The first-order chi connectivity index (χ1) is 8.20. The van der Waals surface area contributed by atoms with Gasteiger partial charge < -0.3 is 5.32 Å². The van der Waals surface area contributed by atoms with Gasteiger partial charge in [-0.25, -0.2) is 9.97 Å². The maximum absolute atomic E-state index is 12.0. The fourth-order valence-electron chi connectivity index (χ4n) is 1.26. The van der Waals surface area contributed by atoms with Crippen LogP contribution in [0.1, 0.15) is 10.4 Å². The van der Waals surface area contributed by atoms with Crippen LogP contribution >= 0.6 is 27.3 Å². The van der Waals surface area contributed by atoms with Gasteiger partial charge >= 0.3 is 0 Å². The van der Waals surface area contributed by atoms with Crippen LogP contribution in [0, 0.1) is 0 Å². The molecule has 17 heavy (non-hydrogen) atoms. The summed E-state index contributed by atoms with van der Waals surface area (Å²) in [6.07, 6.45) is 3.27. The van der Waals surface area contributed by atoms with Crippen LogP contribution in [-0.4, -0.2) is 22.9 Å². The number of thiazole rings is 1. The highest BCUT2D eigenvalue weighted by atomic mass is 79.9. The molecule has 0 spiro atoms. The average molecular weight is 313 g/mol. The van der Waals surface area contributed by atoms with Gasteiger partial charge in [0.05, 0.1) is 15.5 Å². The fraction of sp³-hybridized carbons (Fsp3) is 0.100. The molecule has 0 unspecified atom stereocenters. The van der Waals surface area contributed by atoms with Crippen molar-refractivity contribution in [1.29, 1.82) is 0 Å². The van der Waals surface area contributed by atoms with E-state index in [1.165, 1.54) is 11.3 Å². The predicted molar refractivity (Wildman–Crippen MR) is 71.6 cm³/mol. The molecule has 0 atom stereocenters. The van der Waals surface area contributed by atoms with E-state index in [0.29, 0.717) is 16.5 Å². The standard InChI is InChI=1S/C10H9BrN4OS/c1-12-8-6(3-2-4-13-8)9(16)15-10-14-5-7(11)17-10/h2-5H,1H3,(H,12,13)(H,14,15,16). The quantitative estimate of drug-likeness (QED) is 0.914. The van der Waals surface area contributed by atoms with Crippen molar-refractivity contribution in [2.75, 3.05) is 17.7 Å². The molecular weight excluding hydrogens is 304 g/mol. The van der Waals surface area contributed by atoms with Crippen LogP contribution in [0.25, 0.3) is 0 Å². The second-order valence-corrected chi connectivity index (χ2v) is 5.48. The Hall–Kier alpha value is -1.47. The lowest BCUT2D eigenvalue weighted by Gasteiger charge is -2.06. The van der Waals surface area contributed by atoms with Crippen molar-refractivity contribution in [2.24, 2.45) is 0 Å². The monoisotopic (exact) mass is 312 g/mol. The third-order valence-corrected chi connectivity index (χ3v) is 3.38. The van der Waals surface area contributed by atoms with Crippen LogP contribution in [-0.2, 0) is 0 Å². The molecule has 1 amide bonds. The number of rotatable bonds is 3. The summed E-state index contributed by atoms with van der Waals surface area (Å²) in [5, 5.41) is 6.13. The lowest BCUT2D eigenvalue weighted by molar-refractivity contribution is 0.102. The maximum Gasteiger partial charge on any atom is 0.261 e. The lowest BCUT2D eigenvalue weighted by Crippen LogP contribution is -2.14. The number of carbonyl (C=O) groups is 1. The van der Waals surface area contributed by atoms with Gasteiger partial charge in [-0.2, -0.15) is 0 Å². The van der Waals surface area contributed by atoms with Gasteiger partial charge in [-0.3, -0.25) is 10.1 Å². The summed E-state index contributed by atoms with van der Waals surface area (Å²) in [5.74, 6) is 0.310. The molecule has 0 aromatic carbocycles. The third kappa shape index (κ3) is 2.80. The molecule has 2 heterocycles. The summed E-state index contributed by atoms with van der Waals surface area (Å²) in [4.78, 5) is 20.1. The maximum atomic E-state index is 12.0. The highest BCUT2D eigenvalue weighted by Crippen LogP contribution is 2.24. The van der Waals surface area contributed by atoms with Gasteiger partial charge in [0.15, 0.2) is 5.13 Å². The number of anilines is 2. The molecule has 0 bridgehead atoms. The topological polar surface area (TPSA) is 66.9 Å². The van der Waals surface area contributed by atoms with Crippen LogP contribution in [0.2, 0.25) is 0 Å². The summed E-state index contributed by atoms with van der Waals surface area (Å²) >= 11 is 4.64. The zero-order valence-electron chi connectivity index (χ0n) is 8.90. The molecule has 0 aliphatic rings. The fourth-order valence-corrected chi connectivity index (χ4v) is 2.37. The Kier molecular flexibility index (Phi) is 3.70. The summed E-state index contributed by atoms with van der Waals surface area (Å²) < 4.78 is 0.868. The van der Waals surface area contributed by atoms with Crippen LogP contribution in [0.15, 0.2) is 28.3 Å². The van der Waals surface area contributed by atoms with Crippen molar-refractivity contribution in [3.63, 3.8) is 0 Å². The average Bonchev–Trinajstić information content (AvgIpc) is 2.74. The minimum Gasteiger partial charge on any atom is -0.372 e. The number of amides is 1. The van der Waals surface area contributed by atoms with Gasteiger partial charge in [0.25, 0.3) is 5.91 Å². The minimum atomic E-state index is -0.232. The predicted octanol–water partition coefficient (Wildman–Crippen LogP) is 2.59. The number of pyridine rings is 1. The highest BCUT2D eigenvalue weighted by Gasteiger charge is 2.12. The van der Waals surface area contributed by atoms with Crippen molar-refractivity contribution in [3.05, 3.63) is 33.9 Å². The molecule has 0 aliphatic heterocycles. The number of nitrogens with zero attached hydrogens (tertiary/aromatic N) is 2. The Morgan fingerprint density at radius 2 is 2.29 bits per heavy atom. The van der Waals surface area contributed by atoms with Crippen molar-refractivity contribution < 1.29 is 4.79 Å². The third-order valence-electron chi connectivity index (χ3n) is 1.99. The number of halogens is 1. The zero-order valence-corrected chi connectivity index (χ0v) is 11.3. The Morgan fingerprint density at radius 3 is 2.94 bits per heavy atom. The summed E-state index contributed by atoms with van der Waals surface area (Å²) in [6, 6.07) is 3.42. The second kappa shape index (κ2) is 5.24. The second-order valence-electron chi connectivity index (χ2n) is 3.07. The van der Waals surface area contributed by atoms with Gasteiger partial charge in [0.2, 0.25) is 0 Å². The normalized spacial score (nSPS) is 10.0. The van der Waals surface area contributed by atoms with Crippen LogP contribution in [0.5, 0.6) is 0 Å². The summed E-state index contributed by atoms with van der Waals surface area (Å²) in [6.45, 7) is 0. The molecule has 7 heteroatoms. The smallest absolute Gasteiger partial charge is 0.261 e. The van der Waals surface area contributed by atoms with Crippen LogP contribution < -0.4 is 10.6 Å². The number of carbonyl (C=O) groups excluding carboxylic acids is 1. The Balaban J connectivity index is 2.20. The van der Waals surface area contributed by atoms with Gasteiger partial charge in [-0.15, -0.1) is 0 Å². The molecule has 0 radical (unpaired) electrons. The molecule has 0 fully saturated rings. The first-order valence-corrected chi connectivity index (χ1v) is 6.37. The summed E-state index contributed by atoms with van der Waals surface area (Å²) in [7, 11) is 1.72. The van der Waals surface area contributed by atoms with E-state index in [-0.39, 0.29) is 5.91 Å². The first kappa shape index (κ1) is 12.0. The molecule has 2 aromatic heterocycles. The SMILES string of the molecule is CNc1ncccc1C(=O)Nc1ncc(Br)s1. The van der Waals surface area contributed by atoms with E-state index in [2.05, 4.69) is 36.5 Å². The molecule has 0 saturated carbocycles. The molecule has 2 N–H and O–H groups in total. The number of hydrogen-bond acceptors (Lipinski definition) is 5. The van der Waals surface area contributed by atoms with Crippen molar-refractivity contribution in [2.45, 2.75) is 0 Å². The number of nitrogens with one attached hydrogen (secondary N) is 2. The number of hydrogen-bond donors (Lipinski definition) is 2. The zero-order chi connectivity index (χ0) is 12.3. The van der Waals surface area contributed by atoms with E-state index in [9.17, 15) is 4.79 Å². The number of aromatic nitrogens is 2. The Bertz CT molecular complexity index is 543. The van der Waals surface area contributed by atoms with Gasteiger partial charge in [-0.05, 0) is 28.1 Å². The van der Waals surface area contributed by atoms with E-state index in [0.717, 1.165) is 3.79 Å². The van der Waals surface area contributed by atoms with Crippen LogP contribution in [0.4, 0.5) is 10.9 Å². The van der Waals surface area contributed by atoms with Crippen molar-refractivity contribution in [1.82, 2.24) is 9.97 Å². The Labute approximate surface area is 110 Å². The first-order valence-electron chi connectivity index (χ1n) is 4.76. The van der Waals surface area contributed by atoms with Gasteiger partial charge in [-0.1, -0.05) is 11.3 Å². The molecule has 0 aliphatic carbocycles. The molecule has 2 aromatic rings. The van der Waals surface area contributed by atoms with E-state index in [4.69, 9.17) is 0 Å². The highest BCUT2D eigenvalue weighted by molar-refractivity contribution is 9.11. The summed E-state index contributed by atoms with van der Waals surface area (Å²) in [5.41, 5.74) is 0.487. The molecule has 5 nitrogen and oxygen atoms in total. The van der Waals surface area contributed by atoms with Crippen LogP contribution in [0.3, 0.4) is 0 Å². The van der Waals surface area contributed by atoms with E-state index in [1.807, 2.05) is 0 Å². The largest absolute Gasteiger partial charge is 0.372 e. The molecule has 0 saturated heterocycles. The minimum absolute atomic E-state index is 0.232. The Morgan fingerprint density at radius 1 is 1.47 bits per heavy atom. The van der Waals surface area contributed by atoms with Crippen molar-refractivity contribution in [3.8, 4) is 0 Å². The lowest BCUT2D eigenvalue weighted by atomic mass is 10.2. The molecular formula is C10H9BrN4OS. The van der Waals surface area contributed by atoms with E-state index >= 15 is 0 Å². The van der Waals surface area contributed by atoms with Gasteiger partial charge in [0.1, 0.15) is 5.82 Å².